The number of carboxylic acids is 1. The highest BCUT2D eigenvalue weighted by Gasteiger charge is 2.38. The molecule has 0 aromatic carbocycles. The van der Waals surface area contributed by atoms with Gasteiger partial charge in [-0.25, -0.2) is 4.79 Å². The van der Waals surface area contributed by atoms with Crippen LogP contribution in [0.2, 0.25) is 0 Å². The zero-order valence-electron chi connectivity index (χ0n) is 9.66. The predicted octanol–water partition coefficient (Wildman–Crippen LogP) is 1.78. The van der Waals surface area contributed by atoms with Gasteiger partial charge in [0.05, 0.1) is 12.1 Å². The zero-order valence-corrected chi connectivity index (χ0v) is 9.66. The van der Waals surface area contributed by atoms with Crippen molar-refractivity contribution >= 4 is 11.9 Å². The van der Waals surface area contributed by atoms with Crippen molar-refractivity contribution in [3.63, 3.8) is 0 Å². The molecule has 5 nitrogen and oxygen atoms in total. The number of carbonyl (C=O) groups is 2. The molecule has 1 amide bonds. The molecule has 0 spiro atoms. The molecular formula is C12H15NO4. The maximum Gasteiger partial charge on any atom is 0.338 e. The van der Waals surface area contributed by atoms with E-state index in [1.807, 2.05) is 6.92 Å². The highest BCUT2D eigenvalue weighted by molar-refractivity contribution is 5.87. The fourth-order valence-electron chi connectivity index (χ4n) is 1.90. The first-order valence-electron chi connectivity index (χ1n) is 5.60. The molecule has 2 N–H and O–H groups in total. The molecule has 0 atom stereocenters. The minimum atomic E-state index is -1.03. The quantitative estimate of drug-likeness (QED) is 0.836. The summed E-state index contributed by atoms with van der Waals surface area (Å²) in [4.78, 5) is 22.4. The van der Waals surface area contributed by atoms with E-state index in [9.17, 15) is 9.59 Å². The third-order valence-electron chi connectivity index (χ3n) is 3.33. The molecule has 1 saturated carbocycles. The van der Waals surface area contributed by atoms with E-state index < -0.39 is 5.97 Å². The Bertz CT molecular complexity index is 445. The minimum absolute atomic E-state index is 0.0111. The number of nitrogens with one attached hydrogen (secondary N) is 1. The van der Waals surface area contributed by atoms with Crippen molar-refractivity contribution in [2.75, 3.05) is 0 Å². The number of rotatable bonds is 4. The predicted molar refractivity (Wildman–Crippen MR) is 59.5 cm³/mol. The van der Waals surface area contributed by atoms with Crippen molar-refractivity contribution in [3.8, 4) is 0 Å². The Hall–Kier alpha value is -1.78. The standard InChI is InChI=1S/C12H15NO4/c1-12(3-2-4-12)11(16)13-6-9-5-8(7-17-9)10(14)15/h5,7H,2-4,6H2,1H3,(H,13,16)(H,14,15). The van der Waals surface area contributed by atoms with Gasteiger partial charge in [0.2, 0.25) is 5.91 Å². The Kier molecular flexibility index (Phi) is 2.92. The van der Waals surface area contributed by atoms with Gasteiger partial charge in [-0.05, 0) is 18.9 Å². The molecule has 1 fully saturated rings. The molecule has 92 valence electrons. The molecule has 0 unspecified atom stereocenters. The highest BCUT2D eigenvalue weighted by Crippen LogP contribution is 2.40. The van der Waals surface area contributed by atoms with Crippen LogP contribution in [0.1, 0.15) is 42.3 Å². The van der Waals surface area contributed by atoms with Gasteiger partial charge in [0, 0.05) is 5.41 Å². The maximum atomic E-state index is 11.8. The highest BCUT2D eigenvalue weighted by atomic mass is 16.4. The van der Waals surface area contributed by atoms with E-state index >= 15 is 0 Å². The van der Waals surface area contributed by atoms with E-state index in [1.165, 1.54) is 12.3 Å². The van der Waals surface area contributed by atoms with Crippen molar-refractivity contribution in [1.82, 2.24) is 5.32 Å². The topological polar surface area (TPSA) is 79.5 Å². The van der Waals surface area contributed by atoms with Crippen LogP contribution in [0.3, 0.4) is 0 Å². The number of furan rings is 1. The van der Waals surface area contributed by atoms with Crippen LogP contribution in [0.5, 0.6) is 0 Å². The molecule has 1 aliphatic carbocycles. The molecule has 5 heteroatoms. The van der Waals surface area contributed by atoms with Crippen molar-refractivity contribution < 1.29 is 19.1 Å². The molecule has 0 aliphatic heterocycles. The summed E-state index contributed by atoms with van der Waals surface area (Å²) in [7, 11) is 0. The number of carbonyl (C=O) groups excluding carboxylic acids is 1. The van der Waals surface area contributed by atoms with E-state index in [-0.39, 0.29) is 23.4 Å². The second-order valence-corrected chi connectivity index (χ2v) is 4.70. The van der Waals surface area contributed by atoms with Crippen LogP contribution in [-0.2, 0) is 11.3 Å². The summed E-state index contributed by atoms with van der Waals surface area (Å²) in [6.45, 7) is 2.18. The second-order valence-electron chi connectivity index (χ2n) is 4.70. The van der Waals surface area contributed by atoms with Gasteiger partial charge in [-0.2, -0.15) is 0 Å². The summed E-state index contributed by atoms with van der Waals surface area (Å²) in [5, 5.41) is 11.5. The number of hydrogen-bond donors (Lipinski definition) is 2. The van der Waals surface area contributed by atoms with Crippen LogP contribution in [0, 0.1) is 5.41 Å². The lowest BCUT2D eigenvalue weighted by atomic mass is 9.70. The van der Waals surface area contributed by atoms with Crippen LogP contribution in [0.15, 0.2) is 16.7 Å². The van der Waals surface area contributed by atoms with Crippen LogP contribution in [-0.4, -0.2) is 17.0 Å². The Labute approximate surface area is 98.8 Å². The van der Waals surface area contributed by atoms with Gasteiger partial charge in [-0.3, -0.25) is 4.79 Å². The van der Waals surface area contributed by atoms with Crippen molar-refractivity contribution in [2.45, 2.75) is 32.7 Å². The summed E-state index contributed by atoms with van der Waals surface area (Å²) in [5.41, 5.74) is -0.147. The molecule has 17 heavy (non-hydrogen) atoms. The van der Waals surface area contributed by atoms with Gasteiger partial charge in [0.25, 0.3) is 0 Å². The molecule has 0 saturated heterocycles. The molecule has 1 aromatic heterocycles. The fraction of sp³-hybridized carbons (Fsp3) is 0.500. The van der Waals surface area contributed by atoms with Gasteiger partial charge in [-0.15, -0.1) is 0 Å². The largest absolute Gasteiger partial charge is 0.478 e. The van der Waals surface area contributed by atoms with Crippen LogP contribution in [0.4, 0.5) is 0 Å². The molecule has 2 rings (SSSR count). The van der Waals surface area contributed by atoms with Crippen molar-refractivity contribution in [1.29, 1.82) is 0 Å². The molecular weight excluding hydrogens is 222 g/mol. The maximum absolute atomic E-state index is 11.8. The smallest absolute Gasteiger partial charge is 0.338 e. The first-order valence-corrected chi connectivity index (χ1v) is 5.60. The lowest BCUT2D eigenvalue weighted by Gasteiger charge is -2.36. The van der Waals surface area contributed by atoms with Gasteiger partial charge in [0.1, 0.15) is 12.0 Å². The lowest BCUT2D eigenvalue weighted by Crippen LogP contribution is -2.43. The average molecular weight is 237 g/mol. The number of carboxylic acid groups (broad SMARTS) is 1. The second kappa shape index (κ2) is 4.24. The molecule has 0 radical (unpaired) electrons. The van der Waals surface area contributed by atoms with Crippen LogP contribution < -0.4 is 5.32 Å². The average Bonchev–Trinajstić information content (AvgIpc) is 2.71. The molecule has 0 bridgehead atoms. The Morgan fingerprint density at radius 3 is 2.71 bits per heavy atom. The van der Waals surface area contributed by atoms with Crippen LogP contribution in [0.25, 0.3) is 0 Å². The molecule has 1 heterocycles. The molecule has 1 aromatic rings. The first-order chi connectivity index (χ1) is 8.01. The Morgan fingerprint density at radius 2 is 2.24 bits per heavy atom. The third-order valence-corrected chi connectivity index (χ3v) is 3.33. The lowest BCUT2D eigenvalue weighted by molar-refractivity contribution is -0.134. The van der Waals surface area contributed by atoms with E-state index in [0.717, 1.165) is 19.3 Å². The number of aromatic carboxylic acids is 1. The van der Waals surface area contributed by atoms with Crippen molar-refractivity contribution in [3.05, 3.63) is 23.7 Å². The van der Waals surface area contributed by atoms with E-state index in [4.69, 9.17) is 9.52 Å². The SMILES string of the molecule is CC1(C(=O)NCc2cc(C(=O)O)co2)CCC1. The normalized spacial score (nSPS) is 17.2. The summed E-state index contributed by atoms with van der Waals surface area (Å²) >= 11 is 0. The van der Waals surface area contributed by atoms with E-state index in [1.54, 1.807) is 0 Å². The summed E-state index contributed by atoms with van der Waals surface area (Å²) in [6.07, 6.45) is 4.09. The Balaban J connectivity index is 1.89. The monoisotopic (exact) mass is 237 g/mol. The zero-order chi connectivity index (χ0) is 12.5. The fourth-order valence-corrected chi connectivity index (χ4v) is 1.90. The Morgan fingerprint density at radius 1 is 1.53 bits per heavy atom. The van der Waals surface area contributed by atoms with Gasteiger partial charge < -0.3 is 14.8 Å². The van der Waals surface area contributed by atoms with Gasteiger partial charge in [0.15, 0.2) is 0 Å². The van der Waals surface area contributed by atoms with E-state index in [0.29, 0.717) is 5.76 Å². The summed E-state index contributed by atoms with van der Waals surface area (Å²) in [6, 6.07) is 1.42. The summed E-state index contributed by atoms with van der Waals surface area (Å²) in [5.74, 6) is -0.562. The van der Waals surface area contributed by atoms with Crippen molar-refractivity contribution in [2.24, 2.45) is 5.41 Å². The number of hydrogen-bond acceptors (Lipinski definition) is 3. The van der Waals surface area contributed by atoms with Gasteiger partial charge in [-0.1, -0.05) is 13.3 Å². The molecule has 1 aliphatic rings. The van der Waals surface area contributed by atoms with Crippen LogP contribution >= 0.6 is 0 Å². The first kappa shape index (κ1) is 11.7. The summed E-state index contributed by atoms with van der Waals surface area (Å²) < 4.78 is 5.05. The third kappa shape index (κ3) is 2.33. The van der Waals surface area contributed by atoms with Gasteiger partial charge >= 0.3 is 5.97 Å². The number of amides is 1. The minimum Gasteiger partial charge on any atom is -0.478 e. The van der Waals surface area contributed by atoms with E-state index in [2.05, 4.69) is 5.32 Å².